The molecule has 0 bridgehead atoms. The Bertz CT molecular complexity index is 370. The highest BCUT2D eigenvalue weighted by Crippen LogP contribution is 2.21. The van der Waals surface area contributed by atoms with Crippen molar-refractivity contribution in [3.8, 4) is 0 Å². The maximum atomic E-state index is 11.3. The standard InChI is InChI=1S/C12H12O2S/c13-12-10(5-4-8-14-12)9-15-11-6-2-1-3-7-11/h1-3,5-7H,4,8-9H2. The van der Waals surface area contributed by atoms with Crippen molar-refractivity contribution in [2.75, 3.05) is 12.4 Å². The van der Waals surface area contributed by atoms with E-state index in [2.05, 4.69) is 0 Å². The van der Waals surface area contributed by atoms with Gasteiger partial charge in [0.2, 0.25) is 0 Å². The summed E-state index contributed by atoms with van der Waals surface area (Å²) < 4.78 is 4.96. The van der Waals surface area contributed by atoms with Crippen molar-refractivity contribution in [3.63, 3.8) is 0 Å². The van der Waals surface area contributed by atoms with Crippen molar-refractivity contribution in [1.82, 2.24) is 0 Å². The van der Waals surface area contributed by atoms with E-state index in [0.29, 0.717) is 12.4 Å². The Morgan fingerprint density at radius 2 is 2.07 bits per heavy atom. The van der Waals surface area contributed by atoms with E-state index >= 15 is 0 Å². The molecule has 1 heterocycles. The lowest BCUT2D eigenvalue weighted by atomic mass is 10.2. The molecule has 1 aliphatic heterocycles. The minimum atomic E-state index is -0.162. The Balaban J connectivity index is 1.93. The molecular formula is C12H12O2S. The average Bonchev–Trinajstić information content (AvgIpc) is 2.29. The summed E-state index contributed by atoms with van der Waals surface area (Å²) in [5.74, 6) is 0.535. The van der Waals surface area contributed by atoms with Gasteiger partial charge < -0.3 is 4.74 Å². The Hall–Kier alpha value is -1.22. The van der Waals surface area contributed by atoms with Crippen LogP contribution in [-0.4, -0.2) is 18.3 Å². The molecule has 78 valence electrons. The van der Waals surface area contributed by atoms with Gasteiger partial charge in [0.25, 0.3) is 0 Å². The number of esters is 1. The lowest BCUT2D eigenvalue weighted by molar-refractivity contribution is -0.139. The zero-order valence-electron chi connectivity index (χ0n) is 8.31. The van der Waals surface area contributed by atoms with Crippen LogP contribution in [0, 0.1) is 0 Å². The van der Waals surface area contributed by atoms with Crippen LogP contribution < -0.4 is 0 Å². The van der Waals surface area contributed by atoms with Crippen LogP contribution in [0.3, 0.4) is 0 Å². The zero-order chi connectivity index (χ0) is 10.5. The van der Waals surface area contributed by atoms with Crippen molar-refractivity contribution in [3.05, 3.63) is 42.0 Å². The fraction of sp³-hybridized carbons (Fsp3) is 0.250. The first-order chi connectivity index (χ1) is 7.36. The van der Waals surface area contributed by atoms with E-state index in [9.17, 15) is 4.79 Å². The summed E-state index contributed by atoms with van der Waals surface area (Å²) in [6.07, 6.45) is 2.82. The van der Waals surface area contributed by atoms with Gasteiger partial charge >= 0.3 is 5.97 Å². The number of rotatable bonds is 3. The summed E-state index contributed by atoms with van der Waals surface area (Å²) in [6, 6.07) is 10.1. The molecule has 0 unspecified atom stereocenters. The second-order valence-electron chi connectivity index (χ2n) is 3.26. The molecule has 0 saturated carbocycles. The van der Waals surface area contributed by atoms with Crippen molar-refractivity contribution < 1.29 is 9.53 Å². The van der Waals surface area contributed by atoms with Gasteiger partial charge in [-0.2, -0.15) is 0 Å². The Morgan fingerprint density at radius 1 is 1.27 bits per heavy atom. The summed E-state index contributed by atoms with van der Waals surface area (Å²) in [5, 5.41) is 0. The smallest absolute Gasteiger partial charge is 0.334 e. The number of hydrogen-bond acceptors (Lipinski definition) is 3. The second kappa shape index (κ2) is 5.03. The van der Waals surface area contributed by atoms with Gasteiger partial charge in [0.05, 0.1) is 6.61 Å². The third kappa shape index (κ3) is 2.86. The van der Waals surface area contributed by atoms with Gasteiger partial charge in [-0.25, -0.2) is 4.79 Å². The zero-order valence-corrected chi connectivity index (χ0v) is 9.13. The van der Waals surface area contributed by atoms with Gasteiger partial charge in [-0.3, -0.25) is 0 Å². The first kappa shape index (κ1) is 10.3. The average molecular weight is 220 g/mol. The summed E-state index contributed by atoms with van der Waals surface area (Å²) in [7, 11) is 0. The largest absolute Gasteiger partial charge is 0.462 e. The van der Waals surface area contributed by atoms with Crippen LogP contribution >= 0.6 is 11.8 Å². The van der Waals surface area contributed by atoms with E-state index in [4.69, 9.17) is 4.74 Å². The molecule has 0 aromatic heterocycles. The summed E-state index contributed by atoms with van der Waals surface area (Å²) in [4.78, 5) is 12.5. The third-order valence-electron chi connectivity index (χ3n) is 2.14. The second-order valence-corrected chi connectivity index (χ2v) is 4.30. The lowest BCUT2D eigenvalue weighted by Gasteiger charge is -2.12. The maximum absolute atomic E-state index is 11.3. The molecule has 0 saturated heterocycles. The normalized spacial score (nSPS) is 15.7. The van der Waals surface area contributed by atoms with E-state index in [1.54, 1.807) is 11.8 Å². The molecular weight excluding hydrogens is 208 g/mol. The topological polar surface area (TPSA) is 26.3 Å². The molecule has 0 radical (unpaired) electrons. The third-order valence-corrected chi connectivity index (χ3v) is 3.20. The SMILES string of the molecule is O=C1OCCC=C1CSc1ccccc1. The summed E-state index contributed by atoms with van der Waals surface area (Å²) in [6.45, 7) is 0.526. The predicted molar refractivity (Wildman–Crippen MR) is 60.8 cm³/mol. The quantitative estimate of drug-likeness (QED) is 0.578. The molecule has 0 spiro atoms. The molecule has 0 amide bonds. The molecule has 0 fully saturated rings. The number of hydrogen-bond donors (Lipinski definition) is 0. The van der Waals surface area contributed by atoms with E-state index in [1.807, 2.05) is 36.4 Å². The number of ether oxygens (including phenoxy) is 1. The molecule has 0 aliphatic carbocycles. The fourth-order valence-electron chi connectivity index (χ4n) is 1.36. The van der Waals surface area contributed by atoms with Crippen molar-refractivity contribution in [1.29, 1.82) is 0 Å². The molecule has 15 heavy (non-hydrogen) atoms. The van der Waals surface area contributed by atoms with Crippen LogP contribution in [-0.2, 0) is 9.53 Å². The van der Waals surface area contributed by atoms with Crippen molar-refractivity contribution in [2.24, 2.45) is 0 Å². The molecule has 0 N–H and O–H groups in total. The predicted octanol–water partition coefficient (Wildman–Crippen LogP) is 2.65. The van der Waals surface area contributed by atoms with Crippen LogP contribution in [0.4, 0.5) is 0 Å². The number of carbonyl (C=O) groups excluding carboxylic acids is 1. The van der Waals surface area contributed by atoms with Gasteiger partial charge in [0.1, 0.15) is 0 Å². The number of thioether (sulfide) groups is 1. The molecule has 3 heteroatoms. The number of benzene rings is 1. The Morgan fingerprint density at radius 3 is 2.80 bits per heavy atom. The first-order valence-corrected chi connectivity index (χ1v) is 5.89. The highest BCUT2D eigenvalue weighted by molar-refractivity contribution is 7.99. The first-order valence-electron chi connectivity index (χ1n) is 4.90. The molecule has 2 nitrogen and oxygen atoms in total. The minimum Gasteiger partial charge on any atom is -0.462 e. The maximum Gasteiger partial charge on any atom is 0.334 e. The van der Waals surface area contributed by atoms with Crippen LogP contribution in [0.2, 0.25) is 0 Å². The number of cyclic esters (lactones) is 1. The van der Waals surface area contributed by atoms with Gasteiger partial charge in [0.15, 0.2) is 0 Å². The van der Waals surface area contributed by atoms with Crippen LogP contribution in [0.1, 0.15) is 6.42 Å². The summed E-state index contributed by atoms with van der Waals surface area (Å²) in [5.41, 5.74) is 0.787. The van der Waals surface area contributed by atoms with Crippen molar-refractivity contribution in [2.45, 2.75) is 11.3 Å². The minimum absolute atomic E-state index is 0.162. The highest BCUT2D eigenvalue weighted by Gasteiger charge is 2.14. The van der Waals surface area contributed by atoms with Gasteiger partial charge in [-0.05, 0) is 12.1 Å². The monoisotopic (exact) mass is 220 g/mol. The Kier molecular flexibility index (Phi) is 3.45. The lowest BCUT2D eigenvalue weighted by Crippen LogP contribution is -2.15. The molecule has 2 rings (SSSR count). The van der Waals surface area contributed by atoms with E-state index in [-0.39, 0.29) is 5.97 Å². The number of carbonyl (C=O) groups is 1. The Labute approximate surface area is 93.3 Å². The van der Waals surface area contributed by atoms with E-state index in [0.717, 1.165) is 12.0 Å². The molecule has 0 atom stereocenters. The van der Waals surface area contributed by atoms with Crippen LogP contribution in [0.5, 0.6) is 0 Å². The van der Waals surface area contributed by atoms with Gasteiger partial charge in [0, 0.05) is 22.6 Å². The van der Waals surface area contributed by atoms with E-state index < -0.39 is 0 Å². The van der Waals surface area contributed by atoms with Crippen molar-refractivity contribution >= 4 is 17.7 Å². The molecule has 1 aromatic carbocycles. The summed E-state index contributed by atoms with van der Waals surface area (Å²) >= 11 is 1.66. The van der Waals surface area contributed by atoms with Crippen LogP contribution in [0.25, 0.3) is 0 Å². The molecule has 1 aromatic rings. The van der Waals surface area contributed by atoms with Crippen LogP contribution in [0.15, 0.2) is 46.9 Å². The van der Waals surface area contributed by atoms with Gasteiger partial charge in [-0.1, -0.05) is 24.3 Å². The fourth-order valence-corrected chi connectivity index (χ4v) is 2.26. The van der Waals surface area contributed by atoms with Gasteiger partial charge in [-0.15, -0.1) is 11.8 Å². The highest BCUT2D eigenvalue weighted by atomic mass is 32.2. The van der Waals surface area contributed by atoms with E-state index in [1.165, 1.54) is 4.90 Å². The molecule has 1 aliphatic rings.